The average molecular weight is 198 g/mol. The molecular weight excluding hydrogens is 172 g/mol. The van der Waals surface area contributed by atoms with Gasteiger partial charge in [0.15, 0.2) is 0 Å². The van der Waals surface area contributed by atoms with E-state index in [0.717, 1.165) is 12.3 Å². The third-order valence-corrected chi connectivity index (χ3v) is 3.81. The van der Waals surface area contributed by atoms with Gasteiger partial charge in [0, 0.05) is 0 Å². The van der Waals surface area contributed by atoms with Gasteiger partial charge in [-0.3, -0.25) is 0 Å². The topological polar surface area (TPSA) is 20.2 Å². The Kier molecular flexibility index (Phi) is 5.54. The lowest BCUT2D eigenvalue weighted by molar-refractivity contribution is 0.0403. The molecule has 0 aromatic rings. The first kappa shape index (κ1) is 12.0. The number of unbranched alkanes of at least 4 members (excludes halogenated alkanes) is 1. The van der Waals surface area contributed by atoms with E-state index in [2.05, 4.69) is 13.8 Å². The highest BCUT2D eigenvalue weighted by Crippen LogP contribution is 2.33. The molecule has 0 aliphatic heterocycles. The first-order chi connectivity index (χ1) is 6.77. The summed E-state index contributed by atoms with van der Waals surface area (Å²) in [5.74, 6) is 1.41. The van der Waals surface area contributed by atoms with Crippen LogP contribution in [-0.2, 0) is 0 Å². The van der Waals surface area contributed by atoms with Crippen LogP contribution in [0, 0.1) is 11.8 Å². The molecule has 2 atom stereocenters. The second kappa shape index (κ2) is 6.44. The van der Waals surface area contributed by atoms with Crippen molar-refractivity contribution in [1.82, 2.24) is 0 Å². The zero-order valence-electron chi connectivity index (χ0n) is 9.84. The van der Waals surface area contributed by atoms with E-state index in [9.17, 15) is 5.11 Å². The summed E-state index contributed by atoms with van der Waals surface area (Å²) in [6.07, 6.45) is 10.1. The van der Waals surface area contributed by atoms with Crippen LogP contribution in [0.1, 0.15) is 65.2 Å². The van der Waals surface area contributed by atoms with Crippen molar-refractivity contribution in [2.45, 2.75) is 71.3 Å². The van der Waals surface area contributed by atoms with Crippen LogP contribution in [0.15, 0.2) is 0 Å². The van der Waals surface area contributed by atoms with Crippen molar-refractivity contribution < 1.29 is 5.11 Å². The molecule has 84 valence electrons. The fourth-order valence-electron chi connectivity index (χ4n) is 2.34. The first-order valence-corrected chi connectivity index (χ1v) is 6.46. The summed E-state index contributed by atoms with van der Waals surface area (Å²) < 4.78 is 0. The molecule has 0 spiro atoms. The standard InChI is InChI=1S/C13H26O/c1-3-5-7-11(4-2)10-13(14)12-8-6-9-12/h11-14H,3-10H2,1-2H3. The van der Waals surface area contributed by atoms with Gasteiger partial charge in [-0.1, -0.05) is 46.0 Å². The van der Waals surface area contributed by atoms with E-state index in [1.807, 2.05) is 0 Å². The van der Waals surface area contributed by atoms with Crippen molar-refractivity contribution in [3.05, 3.63) is 0 Å². The fourth-order valence-corrected chi connectivity index (χ4v) is 2.34. The summed E-state index contributed by atoms with van der Waals surface area (Å²) in [5.41, 5.74) is 0. The Morgan fingerprint density at radius 2 is 2.00 bits per heavy atom. The number of rotatable bonds is 7. The average Bonchev–Trinajstić information content (AvgIpc) is 2.09. The van der Waals surface area contributed by atoms with Gasteiger partial charge in [-0.05, 0) is 31.1 Å². The molecule has 0 amide bonds. The van der Waals surface area contributed by atoms with Crippen LogP contribution in [0.4, 0.5) is 0 Å². The van der Waals surface area contributed by atoms with E-state index in [1.165, 1.54) is 44.9 Å². The summed E-state index contributed by atoms with van der Waals surface area (Å²) >= 11 is 0. The Labute approximate surface area is 88.9 Å². The third-order valence-electron chi connectivity index (χ3n) is 3.81. The van der Waals surface area contributed by atoms with E-state index >= 15 is 0 Å². The maximum atomic E-state index is 9.97. The van der Waals surface area contributed by atoms with E-state index in [1.54, 1.807) is 0 Å². The molecule has 1 rings (SSSR count). The first-order valence-electron chi connectivity index (χ1n) is 6.46. The molecule has 0 aromatic carbocycles. The molecule has 1 aliphatic carbocycles. The lowest BCUT2D eigenvalue weighted by Gasteiger charge is -2.32. The largest absolute Gasteiger partial charge is 0.393 e. The smallest absolute Gasteiger partial charge is 0.0571 e. The van der Waals surface area contributed by atoms with Crippen molar-refractivity contribution in [1.29, 1.82) is 0 Å². The van der Waals surface area contributed by atoms with E-state index in [4.69, 9.17) is 0 Å². The van der Waals surface area contributed by atoms with Crippen molar-refractivity contribution in [2.24, 2.45) is 11.8 Å². The van der Waals surface area contributed by atoms with Gasteiger partial charge in [-0.15, -0.1) is 0 Å². The van der Waals surface area contributed by atoms with E-state index in [-0.39, 0.29) is 6.10 Å². The van der Waals surface area contributed by atoms with Crippen LogP contribution in [0.3, 0.4) is 0 Å². The lowest BCUT2D eigenvalue weighted by Crippen LogP contribution is -2.28. The summed E-state index contributed by atoms with van der Waals surface area (Å²) in [5, 5.41) is 9.97. The van der Waals surface area contributed by atoms with Crippen molar-refractivity contribution >= 4 is 0 Å². The summed E-state index contributed by atoms with van der Waals surface area (Å²) in [4.78, 5) is 0. The Bertz CT molecular complexity index is 140. The van der Waals surface area contributed by atoms with Gasteiger partial charge in [-0.2, -0.15) is 0 Å². The zero-order chi connectivity index (χ0) is 10.4. The molecule has 1 nitrogen and oxygen atoms in total. The second-order valence-corrected chi connectivity index (χ2v) is 4.91. The van der Waals surface area contributed by atoms with Gasteiger partial charge in [0.05, 0.1) is 6.10 Å². The predicted molar refractivity (Wildman–Crippen MR) is 61.3 cm³/mol. The molecule has 0 heterocycles. The molecule has 0 radical (unpaired) electrons. The number of hydrogen-bond donors (Lipinski definition) is 1. The summed E-state index contributed by atoms with van der Waals surface area (Å²) in [6, 6.07) is 0. The lowest BCUT2D eigenvalue weighted by atomic mass is 9.77. The molecule has 14 heavy (non-hydrogen) atoms. The molecule has 1 fully saturated rings. The van der Waals surface area contributed by atoms with Crippen LogP contribution in [0.2, 0.25) is 0 Å². The van der Waals surface area contributed by atoms with Gasteiger partial charge in [0.2, 0.25) is 0 Å². The molecule has 1 saturated carbocycles. The second-order valence-electron chi connectivity index (χ2n) is 4.91. The molecule has 0 saturated heterocycles. The number of aliphatic hydroxyl groups excluding tert-OH is 1. The van der Waals surface area contributed by atoms with Gasteiger partial charge < -0.3 is 5.11 Å². The normalized spacial score (nSPS) is 21.6. The highest BCUT2D eigenvalue weighted by atomic mass is 16.3. The Hall–Kier alpha value is -0.0400. The highest BCUT2D eigenvalue weighted by molar-refractivity contribution is 4.78. The minimum atomic E-state index is 0.00514. The van der Waals surface area contributed by atoms with Crippen LogP contribution >= 0.6 is 0 Å². The van der Waals surface area contributed by atoms with Gasteiger partial charge in [0.25, 0.3) is 0 Å². The quantitative estimate of drug-likeness (QED) is 0.660. The maximum absolute atomic E-state index is 9.97. The molecular formula is C13H26O. The van der Waals surface area contributed by atoms with Gasteiger partial charge in [0.1, 0.15) is 0 Å². The highest BCUT2D eigenvalue weighted by Gasteiger charge is 2.26. The van der Waals surface area contributed by atoms with Crippen LogP contribution in [-0.4, -0.2) is 11.2 Å². The van der Waals surface area contributed by atoms with Crippen LogP contribution < -0.4 is 0 Å². The van der Waals surface area contributed by atoms with Gasteiger partial charge >= 0.3 is 0 Å². The van der Waals surface area contributed by atoms with Crippen molar-refractivity contribution in [2.75, 3.05) is 0 Å². The SMILES string of the molecule is CCCCC(CC)CC(O)C1CCC1. The van der Waals surface area contributed by atoms with Crippen LogP contribution in [0.25, 0.3) is 0 Å². The van der Waals surface area contributed by atoms with Crippen molar-refractivity contribution in [3.63, 3.8) is 0 Å². The monoisotopic (exact) mass is 198 g/mol. The van der Waals surface area contributed by atoms with Crippen molar-refractivity contribution in [3.8, 4) is 0 Å². The van der Waals surface area contributed by atoms with E-state index in [0.29, 0.717) is 5.92 Å². The fraction of sp³-hybridized carbons (Fsp3) is 1.00. The maximum Gasteiger partial charge on any atom is 0.0571 e. The molecule has 2 unspecified atom stereocenters. The van der Waals surface area contributed by atoms with E-state index < -0.39 is 0 Å². The Balaban J connectivity index is 2.16. The number of aliphatic hydroxyl groups is 1. The zero-order valence-corrected chi connectivity index (χ0v) is 9.84. The molecule has 0 aromatic heterocycles. The molecule has 1 heteroatoms. The Morgan fingerprint density at radius 3 is 2.43 bits per heavy atom. The minimum absolute atomic E-state index is 0.00514. The predicted octanol–water partition coefficient (Wildman–Crippen LogP) is 3.75. The Morgan fingerprint density at radius 1 is 1.29 bits per heavy atom. The van der Waals surface area contributed by atoms with Crippen LogP contribution in [0.5, 0.6) is 0 Å². The molecule has 0 bridgehead atoms. The minimum Gasteiger partial charge on any atom is -0.393 e. The summed E-state index contributed by atoms with van der Waals surface area (Å²) in [7, 11) is 0. The third kappa shape index (κ3) is 3.61. The van der Waals surface area contributed by atoms with Gasteiger partial charge in [-0.25, -0.2) is 0 Å². The molecule has 1 aliphatic rings. The molecule has 1 N–H and O–H groups in total. The summed E-state index contributed by atoms with van der Waals surface area (Å²) in [6.45, 7) is 4.50. The number of hydrogen-bond acceptors (Lipinski definition) is 1.